The molecule has 1 aromatic rings. The number of pyridine rings is 1. The first-order valence-corrected chi connectivity index (χ1v) is 5.50. The molecule has 1 rings (SSSR count). The minimum Gasteiger partial charge on any atom is -0.373 e. The Bertz CT molecular complexity index is 418. The van der Waals surface area contributed by atoms with Gasteiger partial charge in [0.1, 0.15) is 6.10 Å². The third-order valence-corrected chi connectivity index (χ3v) is 2.52. The fourth-order valence-electron chi connectivity index (χ4n) is 1.63. The Morgan fingerprint density at radius 3 is 2.67 bits per heavy atom. The van der Waals surface area contributed by atoms with Crippen LogP contribution in [0.1, 0.15) is 35.7 Å². The Kier molecular flexibility index (Phi) is 4.84. The Balaban J connectivity index is 3.13. The highest BCUT2D eigenvalue weighted by Gasteiger charge is 2.36. The van der Waals surface area contributed by atoms with Crippen LogP contribution >= 0.6 is 0 Å². The van der Waals surface area contributed by atoms with Crippen molar-refractivity contribution in [3.8, 4) is 0 Å². The molecular formula is C12H14F3NO2. The van der Waals surface area contributed by atoms with Gasteiger partial charge in [-0.25, -0.2) is 0 Å². The van der Waals surface area contributed by atoms with Crippen molar-refractivity contribution < 1.29 is 22.7 Å². The molecule has 0 bridgehead atoms. The summed E-state index contributed by atoms with van der Waals surface area (Å²) in [5, 5.41) is 0. The van der Waals surface area contributed by atoms with E-state index in [4.69, 9.17) is 4.74 Å². The summed E-state index contributed by atoms with van der Waals surface area (Å²) < 4.78 is 43.2. The summed E-state index contributed by atoms with van der Waals surface area (Å²) in [6.45, 7) is 1.83. The molecule has 0 amide bonds. The highest BCUT2D eigenvalue weighted by atomic mass is 19.4. The summed E-state index contributed by atoms with van der Waals surface area (Å²) in [6.07, 6.45) is -2.46. The van der Waals surface area contributed by atoms with Gasteiger partial charge in [0.05, 0.1) is 11.1 Å². The molecule has 18 heavy (non-hydrogen) atoms. The van der Waals surface area contributed by atoms with Crippen molar-refractivity contribution in [2.24, 2.45) is 0 Å². The Morgan fingerprint density at radius 2 is 2.17 bits per heavy atom. The zero-order valence-corrected chi connectivity index (χ0v) is 10.1. The standard InChI is InChI=1S/C12H14F3NO2/c1-3-4-10(18-2)11(17)8-7-16-6-5-9(8)12(13,14)15/h5-7,10H,3-4H2,1-2H3. The molecule has 0 aliphatic heterocycles. The lowest BCUT2D eigenvalue weighted by Gasteiger charge is -2.16. The number of Topliss-reactive ketones (excluding diaryl/α,β-unsaturated/α-hetero) is 1. The Hall–Kier alpha value is -1.43. The normalized spacial score (nSPS) is 13.4. The van der Waals surface area contributed by atoms with Crippen LogP contribution in [-0.4, -0.2) is 24.0 Å². The second-order valence-electron chi connectivity index (χ2n) is 3.80. The van der Waals surface area contributed by atoms with Gasteiger partial charge in [-0.3, -0.25) is 9.78 Å². The molecule has 0 saturated carbocycles. The highest BCUT2D eigenvalue weighted by molar-refractivity contribution is 6.00. The molecule has 0 aromatic carbocycles. The summed E-state index contributed by atoms with van der Waals surface area (Å²) in [6, 6.07) is 0.798. The van der Waals surface area contributed by atoms with Crippen molar-refractivity contribution in [1.29, 1.82) is 0 Å². The number of carbonyl (C=O) groups is 1. The van der Waals surface area contributed by atoms with E-state index in [1.807, 2.05) is 6.92 Å². The molecule has 0 saturated heterocycles. The number of hydrogen-bond acceptors (Lipinski definition) is 3. The summed E-state index contributed by atoms with van der Waals surface area (Å²) >= 11 is 0. The van der Waals surface area contributed by atoms with Crippen LogP contribution < -0.4 is 0 Å². The van der Waals surface area contributed by atoms with Crippen LogP contribution in [0, 0.1) is 0 Å². The van der Waals surface area contributed by atoms with Gasteiger partial charge in [0.2, 0.25) is 0 Å². The van der Waals surface area contributed by atoms with Crippen molar-refractivity contribution in [1.82, 2.24) is 4.98 Å². The maximum Gasteiger partial charge on any atom is 0.417 e. The van der Waals surface area contributed by atoms with E-state index in [9.17, 15) is 18.0 Å². The van der Waals surface area contributed by atoms with E-state index in [0.717, 1.165) is 18.5 Å². The number of rotatable bonds is 5. The van der Waals surface area contributed by atoms with E-state index in [1.54, 1.807) is 0 Å². The molecule has 1 unspecified atom stereocenters. The van der Waals surface area contributed by atoms with Gasteiger partial charge in [0, 0.05) is 19.5 Å². The predicted octanol–water partition coefficient (Wildman–Crippen LogP) is 3.10. The monoisotopic (exact) mass is 261 g/mol. The third kappa shape index (κ3) is 3.29. The molecule has 100 valence electrons. The highest BCUT2D eigenvalue weighted by Crippen LogP contribution is 2.32. The number of nitrogens with zero attached hydrogens (tertiary/aromatic N) is 1. The fourth-order valence-corrected chi connectivity index (χ4v) is 1.63. The molecule has 1 aromatic heterocycles. The van der Waals surface area contributed by atoms with Crippen LogP contribution in [0.4, 0.5) is 13.2 Å². The maximum atomic E-state index is 12.7. The molecular weight excluding hydrogens is 247 g/mol. The number of ketones is 1. The molecule has 0 aliphatic carbocycles. The number of carbonyl (C=O) groups excluding carboxylic acids is 1. The number of ether oxygens (including phenoxy) is 1. The van der Waals surface area contributed by atoms with Gasteiger partial charge in [0.15, 0.2) is 5.78 Å². The van der Waals surface area contributed by atoms with Crippen molar-refractivity contribution in [3.05, 3.63) is 29.6 Å². The quantitative estimate of drug-likeness (QED) is 0.764. The number of halogens is 3. The molecule has 1 atom stereocenters. The zero-order valence-electron chi connectivity index (χ0n) is 10.1. The summed E-state index contributed by atoms with van der Waals surface area (Å²) in [4.78, 5) is 15.5. The van der Waals surface area contributed by atoms with Crippen molar-refractivity contribution >= 4 is 5.78 Å². The van der Waals surface area contributed by atoms with Gasteiger partial charge in [-0.05, 0) is 12.5 Å². The van der Waals surface area contributed by atoms with Crippen molar-refractivity contribution in [2.75, 3.05) is 7.11 Å². The van der Waals surface area contributed by atoms with Crippen LogP contribution in [-0.2, 0) is 10.9 Å². The largest absolute Gasteiger partial charge is 0.417 e. The van der Waals surface area contributed by atoms with Gasteiger partial charge in [0.25, 0.3) is 0 Å². The average molecular weight is 261 g/mol. The van der Waals surface area contributed by atoms with E-state index >= 15 is 0 Å². The third-order valence-electron chi connectivity index (χ3n) is 2.52. The summed E-state index contributed by atoms with van der Waals surface area (Å²) in [7, 11) is 1.31. The van der Waals surface area contributed by atoms with E-state index in [-0.39, 0.29) is 0 Å². The molecule has 1 heterocycles. The van der Waals surface area contributed by atoms with Crippen molar-refractivity contribution in [3.63, 3.8) is 0 Å². The minimum atomic E-state index is -4.57. The summed E-state index contributed by atoms with van der Waals surface area (Å²) in [5.41, 5.74) is -1.41. The lowest BCUT2D eigenvalue weighted by Crippen LogP contribution is -2.26. The second-order valence-corrected chi connectivity index (χ2v) is 3.80. The topological polar surface area (TPSA) is 39.2 Å². The van der Waals surface area contributed by atoms with E-state index in [1.165, 1.54) is 7.11 Å². The van der Waals surface area contributed by atoms with Gasteiger partial charge < -0.3 is 4.74 Å². The lowest BCUT2D eigenvalue weighted by atomic mass is 9.99. The van der Waals surface area contributed by atoms with Gasteiger partial charge in [-0.1, -0.05) is 13.3 Å². The SMILES string of the molecule is CCCC(OC)C(=O)c1cnccc1C(F)(F)F. The van der Waals surface area contributed by atoms with E-state index in [2.05, 4.69) is 4.98 Å². The van der Waals surface area contributed by atoms with Crippen LogP contribution in [0.2, 0.25) is 0 Å². The molecule has 0 radical (unpaired) electrons. The average Bonchev–Trinajstić information content (AvgIpc) is 2.34. The van der Waals surface area contributed by atoms with Crippen LogP contribution in [0.15, 0.2) is 18.5 Å². The maximum absolute atomic E-state index is 12.7. The molecule has 6 heteroatoms. The minimum absolute atomic E-state index is 0.377. The smallest absolute Gasteiger partial charge is 0.373 e. The van der Waals surface area contributed by atoms with Gasteiger partial charge in [-0.15, -0.1) is 0 Å². The Labute approximate surface area is 103 Å². The first-order valence-electron chi connectivity index (χ1n) is 5.50. The van der Waals surface area contributed by atoms with E-state index < -0.39 is 29.2 Å². The van der Waals surface area contributed by atoms with Crippen molar-refractivity contribution in [2.45, 2.75) is 32.0 Å². The van der Waals surface area contributed by atoms with Crippen LogP contribution in [0.3, 0.4) is 0 Å². The van der Waals surface area contributed by atoms with Crippen LogP contribution in [0.5, 0.6) is 0 Å². The number of methoxy groups -OCH3 is 1. The zero-order chi connectivity index (χ0) is 13.8. The molecule has 0 aliphatic rings. The van der Waals surface area contributed by atoms with Gasteiger partial charge >= 0.3 is 6.18 Å². The van der Waals surface area contributed by atoms with E-state index in [0.29, 0.717) is 12.8 Å². The number of hydrogen-bond donors (Lipinski definition) is 0. The first kappa shape index (κ1) is 14.6. The first-order chi connectivity index (χ1) is 8.41. The second kappa shape index (κ2) is 5.95. The molecule has 0 N–H and O–H groups in total. The van der Waals surface area contributed by atoms with Gasteiger partial charge in [-0.2, -0.15) is 13.2 Å². The molecule has 0 spiro atoms. The Morgan fingerprint density at radius 1 is 1.50 bits per heavy atom. The number of aromatic nitrogens is 1. The molecule has 0 fully saturated rings. The lowest BCUT2D eigenvalue weighted by molar-refractivity contribution is -0.138. The number of alkyl halides is 3. The molecule has 3 nitrogen and oxygen atoms in total. The van der Waals surface area contributed by atoms with Crippen LogP contribution in [0.25, 0.3) is 0 Å². The predicted molar refractivity (Wildman–Crippen MR) is 59.3 cm³/mol. The summed E-state index contributed by atoms with van der Waals surface area (Å²) in [5.74, 6) is -0.681. The fraction of sp³-hybridized carbons (Fsp3) is 0.500.